The lowest BCUT2D eigenvalue weighted by Gasteiger charge is -2.10. The molecule has 0 spiro atoms. The predicted molar refractivity (Wildman–Crippen MR) is 72.1 cm³/mol. The second-order valence-corrected chi connectivity index (χ2v) is 4.37. The normalized spacial score (nSPS) is 10.1. The minimum absolute atomic E-state index is 0.484. The maximum atomic E-state index is 10.9. The van der Waals surface area contributed by atoms with Crippen molar-refractivity contribution in [2.45, 2.75) is 20.5 Å². The Morgan fingerprint density at radius 1 is 1.11 bits per heavy atom. The van der Waals surface area contributed by atoms with E-state index in [4.69, 9.17) is 4.74 Å². The molecule has 0 aromatic heterocycles. The van der Waals surface area contributed by atoms with Crippen molar-refractivity contribution in [2.75, 3.05) is 0 Å². The number of aryl methyl sites for hydroxylation is 2. The average molecular weight is 240 g/mol. The largest absolute Gasteiger partial charge is 0.488 e. The summed E-state index contributed by atoms with van der Waals surface area (Å²) in [7, 11) is 0. The number of ether oxygens (including phenoxy) is 1. The van der Waals surface area contributed by atoms with Crippen molar-refractivity contribution in [2.24, 2.45) is 0 Å². The highest BCUT2D eigenvalue weighted by Crippen LogP contribution is 2.19. The second kappa shape index (κ2) is 5.50. The van der Waals surface area contributed by atoms with Gasteiger partial charge in [0.2, 0.25) is 0 Å². The maximum Gasteiger partial charge on any atom is 0.153 e. The molecule has 0 aliphatic rings. The monoisotopic (exact) mass is 240 g/mol. The molecule has 0 heterocycles. The van der Waals surface area contributed by atoms with Crippen LogP contribution in [0.5, 0.6) is 5.75 Å². The van der Waals surface area contributed by atoms with Crippen molar-refractivity contribution in [3.63, 3.8) is 0 Å². The van der Waals surface area contributed by atoms with E-state index < -0.39 is 0 Å². The quantitative estimate of drug-likeness (QED) is 0.762. The summed E-state index contributed by atoms with van der Waals surface area (Å²) in [5, 5.41) is 0. The highest BCUT2D eigenvalue weighted by Gasteiger charge is 2.04. The summed E-state index contributed by atoms with van der Waals surface area (Å²) in [5.74, 6) is 0.633. The smallest absolute Gasteiger partial charge is 0.153 e. The Morgan fingerprint density at radius 3 is 2.67 bits per heavy atom. The van der Waals surface area contributed by atoms with Crippen LogP contribution in [0.15, 0.2) is 42.5 Å². The summed E-state index contributed by atoms with van der Waals surface area (Å²) in [5.41, 5.74) is 4.14. The number of aldehydes is 1. The number of carbonyl (C=O) groups is 1. The molecule has 2 heteroatoms. The van der Waals surface area contributed by atoms with Crippen LogP contribution < -0.4 is 4.74 Å². The molecule has 0 radical (unpaired) electrons. The predicted octanol–water partition coefficient (Wildman–Crippen LogP) is 3.69. The van der Waals surface area contributed by atoms with Gasteiger partial charge in [0.05, 0.1) is 5.56 Å². The van der Waals surface area contributed by atoms with E-state index in [0.717, 1.165) is 11.8 Å². The minimum Gasteiger partial charge on any atom is -0.488 e. The SMILES string of the molecule is Cc1ccc(C)c(COc2ccccc2C=O)c1. The minimum atomic E-state index is 0.484. The highest BCUT2D eigenvalue weighted by atomic mass is 16.5. The van der Waals surface area contributed by atoms with Crippen LogP contribution in [0.3, 0.4) is 0 Å². The molecule has 2 aromatic carbocycles. The van der Waals surface area contributed by atoms with Crippen LogP contribution in [0.25, 0.3) is 0 Å². The molecule has 0 atom stereocenters. The van der Waals surface area contributed by atoms with Crippen LogP contribution >= 0.6 is 0 Å². The Morgan fingerprint density at radius 2 is 1.89 bits per heavy atom. The Kier molecular flexibility index (Phi) is 3.78. The van der Waals surface area contributed by atoms with Gasteiger partial charge < -0.3 is 4.74 Å². The molecule has 0 aliphatic heterocycles. The highest BCUT2D eigenvalue weighted by molar-refractivity contribution is 5.79. The molecule has 2 nitrogen and oxygen atoms in total. The van der Waals surface area contributed by atoms with Gasteiger partial charge in [0.15, 0.2) is 6.29 Å². The summed E-state index contributed by atoms with van der Waals surface area (Å²) in [4.78, 5) is 10.9. The van der Waals surface area contributed by atoms with Gasteiger partial charge in [-0.05, 0) is 37.1 Å². The summed E-state index contributed by atoms with van der Waals surface area (Å²) in [6.45, 7) is 4.60. The third kappa shape index (κ3) is 2.77. The fraction of sp³-hybridized carbons (Fsp3) is 0.188. The molecule has 0 aliphatic carbocycles. The van der Waals surface area contributed by atoms with Gasteiger partial charge in [0.1, 0.15) is 12.4 Å². The van der Waals surface area contributed by atoms with E-state index in [9.17, 15) is 4.79 Å². The van der Waals surface area contributed by atoms with Crippen molar-refractivity contribution in [1.29, 1.82) is 0 Å². The maximum absolute atomic E-state index is 10.9. The number of carbonyl (C=O) groups excluding carboxylic acids is 1. The van der Waals surface area contributed by atoms with Crippen molar-refractivity contribution in [3.8, 4) is 5.75 Å². The van der Waals surface area contributed by atoms with Gasteiger partial charge in [0.25, 0.3) is 0 Å². The molecule has 0 amide bonds. The van der Waals surface area contributed by atoms with E-state index in [0.29, 0.717) is 17.9 Å². The lowest BCUT2D eigenvalue weighted by molar-refractivity contribution is 0.111. The summed E-state index contributed by atoms with van der Waals surface area (Å²) >= 11 is 0. The first-order chi connectivity index (χ1) is 8.70. The molecule has 0 saturated carbocycles. The Balaban J connectivity index is 2.16. The second-order valence-electron chi connectivity index (χ2n) is 4.37. The zero-order valence-electron chi connectivity index (χ0n) is 10.6. The molecule has 0 fully saturated rings. The molecule has 0 unspecified atom stereocenters. The van der Waals surface area contributed by atoms with Crippen LogP contribution in [-0.4, -0.2) is 6.29 Å². The van der Waals surface area contributed by atoms with Crippen LogP contribution in [0.2, 0.25) is 0 Å². The lowest BCUT2D eigenvalue weighted by atomic mass is 10.1. The molecule has 18 heavy (non-hydrogen) atoms. The van der Waals surface area contributed by atoms with Gasteiger partial charge in [-0.3, -0.25) is 4.79 Å². The third-order valence-corrected chi connectivity index (χ3v) is 2.93. The Hall–Kier alpha value is -2.09. The van der Waals surface area contributed by atoms with Crippen LogP contribution in [0.4, 0.5) is 0 Å². The zero-order chi connectivity index (χ0) is 13.0. The molecular formula is C16H16O2. The van der Waals surface area contributed by atoms with E-state index in [1.165, 1.54) is 11.1 Å². The topological polar surface area (TPSA) is 26.3 Å². The lowest BCUT2D eigenvalue weighted by Crippen LogP contribution is -2.00. The number of rotatable bonds is 4. The molecule has 0 saturated heterocycles. The fourth-order valence-electron chi connectivity index (χ4n) is 1.82. The zero-order valence-corrected chi connectivity index (χ0v) is 10.6. The van der Waals surface area contributed by atoms with E-state index in [2.05, 4.69) is 32.0 Å². The van der Waals surface area contributed by atoms with Gasteiger partial charge in [-0.1, -0.05) is 35.9 Å². The number of hydrogen-bond donors (Lipinski definition) is 0. The van der Waals surface area contributed by atoms with Gasteiger partial charge in [0, 0.05) is 0 Å². The van der Waals surface area contributed by atoms with Crippen LogP contribution in [0.1, 0.15) is 27.0 Å². The van der Waals surface area contributed by atoms with E-state index in [-0.39, 0.29) is 0 Å². The van der Waals surface area contributed by atoms with Gasteiger partial charge >= 0.3 is 0 Å². The Bertz CT molecular complexity index is 559. The number of benzene rings is 2. The number of hydrogen-bond acceptors (Lipinski definition) is 2. The van der Waals surface area contributed by atoms with Gasteiger partial charge in [-0.25, -0.2) is 0 Å². The molecule has 2 rings (SSSR count). The summed E-state index contributed by atoms with van der Waals surface area (Å²) < 4.78 is 5.72. The van der Waals surface area contributed by atoms with Crippen LogP contribution in [0, 0.1) is 13.8 Å². The molecule has 0 N–H and O–H groups in total. The van der Waals surface area contributed by atoms with Crippen molar-refractivity contribution >= 4 is 6.29 Å². The van der Waals surface area contributed by atoms with E-state index in [1.54, 1.807) is 6.07 Å². The van der Waals surface area contributed by atoms with Crippen molar-refractivity contribution in [3.05, 3.63) is 64.7 Å². The first kappa shape index (κ1) is 12.4. The molecular weight excluding hydrogens is 224 g/mol. The average Bonchev–Trinajstić information content (AvgIpc) is 2.40. The summed E-state index contributed by atoms with van der Waals surface area (Å²) in [6.07, 6.45) is 0.818. The van der Waals surface area contributed by atoms with Gasteiger partial charge in [-0.15, -0.1) is 0 Å². The number of para-hydroxylation sites is 1. The first-order valence-electron chi connectivity index (χ1n) is 5.94. The van der Waals surface area contributed by atoms with Crippen molar-refractivity contribution < 1.29 is 9.53 Å². The first-order valence-corrected chi connectivity index (χ1v) is 5.94. The Labute approximate surface area is 107 Å². The molecule has 0 bridgehead atoms. The molecule has 92 valence electrons. The van der Waals surface area contributed by atoms with Gasteiger partial charge in [-0.2, -0.15) is 0 Å². The standard InChI is InChI=1S/C16H16O2/c1-12-7-8-13(2)15(9-12)11-18-16-6-4-3-5-14(16)10-17/h3-10H,11H2,1-2H3. The van der Waals surface area contributed by atoms with E-state index >= 15 is 0 Å². The fourth-order valence-corrected chi connectivity index (χ4v) is 1.82. The van der Waals surface area contributed by atoms with E-state index in [1.807, 2.05) is 18.2 Å². The summed E-state index contributed by atoms with van der Waals surface area (Å²) in [6, 6.07) is 13.5. The third-order valence-electron chi connectivity index (χ3n) is 2.93. The van der Waals surface area contributed by atoms with Crippen LogP contribution in [-0.2, 0) is 6.61 Å². The van der Waals surface area contributed by atoms with Crippen molar-refractivity contribution in [1.82, 2.24) is 0 Å². The molecule has 2 aromatic rings.